The molecule has 1 aliphatic rings. The highest BCUT2D eigenvalue weighted by Crippen LogP contribution is 2.33. The third-order valence-electron chi connectivity index (χ3n) is 5.79. The van der Waals surface area contributed by atoms with E-state index in [0.717, 1.165) is 30.4 Å². The van der Waals surface area contributed by atoms with Crippen molar-refractivity contribution in [2.75, 3.05) is 13.2 Å². The maximum Gasteiger partial charge on any atom is 0.262 e. The molecule has 0 spiro atoms. The summed E-state index contributed by atoms with van der Waals surface area (Å²) in [6, 6.07) is 24.0. The third-order valence-corrected chi connectivity index (χ3v) is 5.79. The zero-order valence-electron chi connectivity index (χ0n) is 18.9. The van der Waals surface area contributed by atoms with Crippen molar-refractivity contribution in [1.29, 1.82) is 0 Å². The average molecular weight is 444 g/mol. The molecule has 0 aromatic heterocycles. The first-order valence-electron chi connectivity index (χ1n) is 11.5. The summed E-state index contributed by atoms with van der Waals surface area (Å²) < 4.78 is 11.8. The topological polar surface area (TPSA) is 55.8 Å². The molecule has 0 fully saturated rings. The first-order valence-corrected chi connectivity index (χ1v) is 11.5. The van der Waals surface area contributed by atoms with Crippen LogP contribution in [0.5, 0.6) is 5.75 Å². The van der Waals surface area contributed by atoms with Gasteiger partial charge in [-0.05, 0) is 35.7 Å². The number of rotatable bonds is 11. The number of carbonyl (C=O) groups excluding carboxylic acids is 2. The first-order chi connectivity index (χ1) is 16.2. The zero-order chi connectivity index (χ0) is 23.0. The van der Waals surface area contributed by atoms with Gasteiger partial charge < -0.3 is 9.47 Å². The molecule has 0 saturated heterocycles. The maximum absolute atomic E-state index is 13.4. The number of benzene rings is 3. The summed E-state index contributed by atoms with van der Waals surface area (Å²) in [7, 11) is 0. The van der Waals surface area contributed by atoms with Crippen molar-refractivity contribution in [2.24, 2.45) is 0 Å². The van der Waals surface area contributed by atoms with E-state index in [9.17, 15) is 9.59 Å². The molecular weight excluding hydrogens is 414 g/mol. The van der Waals surface area contributed by atoms with Gasteiger partial charge in [0.05, 0.1) is 37.0 Å². The zero-order valence-corrected chi connectivity index (χ0v) is 18.9. The summed E-state index contributed by atoms with van der Waals surface area (Å²) in [5.74, 6) is 0.000288. The van der Waals surface area contributed by atoms with Gasteiger partial charge in [-0.1, -0.05) is 80.4 Å². The van der Waals surface area contributed by atoms with Crippen LogP contribution in [0.2, 0.25) is 0 Å². The van der Waals surface area contributed by atoms with Crippen molar-refractivity contribution in [3.05, 3.63) is 101 Å². The van der Waals surface area contributed by atoms with Gasteiger partial charge in [0.15, 0.2) is 0 Å². The van der Waals surface area contributed by atoms with Crippen molar-refractivity contribution in [3.8, 4) is 5.75 Å². The molecular formula is C28H29NO4. The van der Waals surface area contributed by atoms with Crippen LogP contribution in [-0.2, 0) is 11.3 Å². The Morgan fingerprint density at radius 3 is 2.24 bits per heavy atom. The van der Waals surface area contributed by atoms with E-state index in [1.165, 1.54) is 4.90 Å². The molecule has 3 aromatic rings. The van der Waals surface area contributed by atoms with Gasteiger partial charge in [0, 0.05) is 0 Å². The second-order valence-electron chi connectivity index (χ2n) is 8.17. The highest BCUT2D eigenvalue weighted by Gasteiger charge is 2.41. The Bertz CT molecular complexity index is 1080. The maximum atomic E-state index is 13.4. The number of hydrogen-bond donors (Lipinski definition) is 0. The molecule has 3 aromatic carbocycles. The number of fused-ring (bicyclic) bond motifs is 1. The fourth-order valence-electron chi connectivity index (χ4n) is 4.01. The van der Waals surface area contributed by atoms with Crippen LogP contribution >= 0.6 is 0 Å². The minimum atomic E-state index is -0.517. The molecule has 1 atom stereocenters. The van der Waals surface area contributed by atoms with Crippen LogP contribution in [0.4, 0.5) is 0 Å². The fraction of sp³-hybridized carbons (Fsp3) is 0.286. The van der Waals surface area contributed by atoms with Crippen molar-refractivity contribution < 1.29 is 19.1 Å². The normalized spacial score (nSPS) is 13.8. The van der Waals surface area contributed by atoms with E-state index < -0.39 is 6.04 Å². The van der Waals surface area contributed by atoms with Crippen molar-refractivity contribution in [3.63, 3.8) is 0 Å². The number of amides is 2. The van der Waals surface area contributed by atoms with Gasteiger partial charge >= 0.3 is 0 Å². The van der Waals surface area contributed by atoms with Crippen LogP contribution < -0.4 is 4.74 Å². The van der Waals surface area contributed by atoms with Crippen molar-refractivity contribution in [2.45, 2.75) is 38.8 Å². The number of hydrogen-bond acceptors (Lipinski definition) is 4. The molecule has 0 aliphatic carbocycles. The number of ether oxygens (including phenoxy) is 2. The fourth-order valence-corrected chi connectivity index (χ4v) is 4.01. The van der Waals surface area contributed by atoms with Crippen LogP contribution in [0.25, 0.3) is 0 Å². The number of nitrogens with zero attached hydrogens (tertiary/aromatic N) is 1. The molecule has 0 unspecified atom stereocenters. The van der Waals surface area contributed by atoms with Crippen LogP contribution in [0.3, 0.4) is 0 Å². The second-order valence-corrected chi connectivity index (χ2v) is 8.17. The van der Waals surface area contributed by atoms with E-state index in [0.29, 0.717) is 30.1 Å². The van der Waals surface area contributed by atoms with Gasteiger partial charge in [-0.15, -0.1) is 0 Å². The van der Waals surface area contributed by atoms with Crippen LogP contribution in [-0.4, -0.2) is 29.9 Å². The van der Waals surface area contributed by atoms with Gasteiger partial charge in [-0.2, -0.15) is 0 Å². The third kappa shape index (κ3) is 5.32. The van der Waals surface area contributed by atoms with Gasteiger partial charge in [-0.3, -0.25) is 14.5 Å². The van der Waals surface area contributed by atoms with E-state index >= 15 is 0 Å². The van der Waals surface area contributed by atoms with Crippen molar-refractivity contribution in [1.82, 2.24) is 4.90 Å². The Balaban J connectivity index is 1.53. The van der Waals surface area contributed by atoms with E-state index in [2.05, 4.69) is 6.92 Å². The van der Waals surface area contributed by atoms with E-state index in [1.54, 1.807) is 18.2 Å². The predicted molar refractivity (Wildman–Crippen MR) is 127 cm³/mol. The Kier molecular flexibility index (Phi) is 7.53. The molecule has 33 heavy (non-hydrogen) atoms. The Labute approximate surface area is 194 Å². The van der Waals surface area contributed by atoms with Gasteiger partial charge in [0.2, 0.25) is 0 Å². The minimum Gasteiger partial charge on any atom is -0.494 e. The van der Waals surface area contributed by atoms with E-state index in [-0.39, 0.29) is 18.4 Å². The quantitative estimate of drug-likeness (QED) is 0.277. The molecule has 0 bridgehead atoms. The van der Waals surface area contributed by atoms with Crippen LogP contribution in [0.1, 0.15) is 64.1 Å². The summed E-state index contributed by atoms with van der Waals surface area (Å²) in [6.07, 6.45) is 3.17. The smallest absolute Gasteiger partial charge is 0.262 e. The number of imide groups is 1. The lowest BCUT2D eigenvalue weighted by atomic mass is 10.1. The molecule has 0 saturated carbocycles. The predicted octanol–water partition coefficient (Wildman–Crippen LogP) is 5.81. The SMILES string of the molecule is CCCCCOc1ccc2c(c1)C(=O)N([C@H](COCc1ccccc1)c1ccccc1)C2=O. The Hall–Kier alpha value is -3.44. The molecule has 2 amide bonds. The first kappa shape index (κ1) is 22.7. The summed E-state index contributed by atoms with van der Waals surface area (Å²) in [5.41, 5.74) is 2.69. The van der Waals surface area contributed by atoms with Gasteiger partial charge in [0.1, 0.15) is 5.75 Å². The summed E-state index contributed by atoms with van der Waals surface area (Å²) in [4.78, 5) is 28.0. The van der Waals surface area contributed by atoms with Gasteiger partial charge in [0.25, 0.3) is 11.8 Å². The summed E-state index contributed by atoms with van der Waals surface area (Å²) >= 11 is 0. The Morgan fingerprint density at radius 1 is 0.818 bits per heavy atom. The van der Waals surface area contributed by atoms with E-state index in [1.807, 2.05) is 60.7 Å². The highest BCUT2D eigenvalue weighted by molar-refractivity contribution is 6.21. The molecule has 170 valence electrons. The summed E-state index contributed by atoms with van der Waals surface area (Å²) in [5, 5.41) is 0. The monoisotopic (exact) mass is 443 g/mol. The molecule has 1 heterocycles. The van der Waals surface area contributed by atoms with Crippen molar-refractivity contribution >= 4 is 11.8 Å². The standard InChI is InChI=1S/C28H29NO4/c1-2-3-10-17-33-23-15-16-24-25(18-23)28(31)29(27(24)30)26(22-13-8-5-9-14-22)20-32-19-21-11-6-4-7-12-21/h4-9,11-16,18,26H,2-3,10,17,19-20H2,1H3/t26-/m1/s1. The highest BCUT2D eigenvalue weighted by atomic mass is 16.5. The van der Waals surface area contributed by atoms with Crippen LogP contribution in [0.15, 0.2) is 78.9 Å². The average Bonchev–Trinajstić information content (AvgIpc) is 3.10. The lowest BCUT2D eigenvalue weighted by Crippen LogP contribution is -2.36. The molecule has 5 nitrogen and oxygen atoms in total. The second kappa shape index (κ2) is 10.9. The molecule has 4 rings (SSSR count). The molecule has 1 aliphatic heterocycles. The number of unbranched alkanes of at least 4 members (excludes halogenated alkanes) is 2. The largest absolute Gasteiger partial charge is 0.494 e. The molecule has 0 N–H and O–H groups in total. The lowest BCUT2D eigenvalue weighted by Gasteiger charge is -2.26. The van der Waals surface area contributed by atoms with E-state index in [4.69, 9.17) is 9.47 Å². The van der Waals surface area contributed by atoms with Gasteiger partial charge in [-0.25, -0.2) is 0 Å². The number of carbonyl (C=O) groups is 2. The molecule has 5 heteroatoms. The molecule has 0 radical (unpaired) electrons. The minimum absolute atomic E-state index is 0.213. The summed E-state index contributed by atoms with van der Waals surface area (Å²) in [6.45, 7) is 3.35. The Morgan fingerprint density at radius 2 is 1.52 bits per heavy atom. The van der Waals surface area contributed by atoms with Crippen LogP contribution in [0, 0.1) is 0 Å². The lowest BCUT2D eigenvalue weighted by molar-refractivity contribution is 0.0359.